The lowest BCUT2D eigenvalue weighted by Gasteiger charge is -2.17. The number of nitrogens with one attached hydrogen (secondary N) is 1. The fraction of sp³-hybridized carbons (Fsp3) is 0.278. The van der Waals surface area contributed by atoms with Gasteiger partial charge in [0.1, 0.15) is 0 Å². The Morgan fingerprint density at radius 3 is 2.43 bits per heavy atom. The van der Waals surface area contributed by atoms with Gasteiger partial charge in [0.05, 0.1) is 11.1 Å². The van der Waals surface area contributed by atoms with Crippen molar-refractivity contribution in [1.29, 1.82) is 0 Å². The second-order valence-corrected chi connectivity index (χ2v) is 5.77. The van der Waals surface area contributed by atoms with Crippen LogP contribution < -0.4 is 10.2 Å². The molecule has 0 spiro atoms. The van der Waals surface area contributed by atoms with Crippen molar-refractivity contribution in [2.75, 3.05) is 18.5 Å². The van der Waals surface area contributed by atoms with E-state index < -0.39 is 0 Å². The van der Waals surface area contributed by atoms with Crippen molar-refractivity contribution in [3.05, 3.63) is 59.9 Å². The summed E-state index contributed by atoms with van der Waals surface area (Å²) in [4.78, 5) is 30.2. The summed E-state index contributed by atoms with van der Waals surface area (Å²) in [5.74, 6) is -0.0636. The molecule has 0 saturated heterocycles. The van der Waals surface area contributed by atoms with Gasteiger partial charge in [-0.1, -0.05) is 32.0 Å². The summed E-state index contributed by atoms with van der Waals surface area (Å²) in [7, 11) is 1.70. The number of para-hydroxylation sites is 1. The van der Waals surface area contributed by atoms with Crippen molar-refractivity contribution < 1.29 is 9.59 Å². The SMILES string of the molecule is CC(C)CNC(=O)c1cncc(C(=O)N(C)c2ccccc2)c1. The van der Waals surface area contributed by atoms with E-state index in [9.17, 15) is 9.59 Å². The van der Waals surface area contributed by atoms with Gasteiger partial charge in [0.15, 0.2) is 0 Å². The number of amides is 2. The normalized spacial score (nSPS) is 10.4. The zero-order chi connectivity index (χ0) is 16.8. The third kappa shape index (κ3) is 4.39. The molecule has 0 aliphatic carbocycles. The van der Waals surface area contributed by atoms with Gasteiger partial charge < -0.3 is 10.2 Å². The van der Waals surface area contributed by atoms with Crippen LogP contribution in [0.5, 0.6) is 0 Å². The molecule has 23 heavy (non-hydrogen) atoms. The molecular weight excluding hydrogens is 290 g/mol. The van der Waals surface area contributed by atoms with Crippen molar-refractivity contribution in [1.82, 2.24) is 10.3 Å². The number of hydrogen-bond donors (Lipinski definition) is 1. The van der Waals surface area contributed by atoms with E-state index in [4.69, 9.17) is 0 Å². The Morgan fingerprint density at radius 1 is 1.13 bits per heavy atom. The molecule has 0 atom stereocenters. The van der Waals surface area contributed by atoms with E-state index in [1.54, 1.807) is 13.1 Å². The molecule has 0 radical (unpaired) electrons. The second kappa shape index (κ2) is 7.54. The lowest BCUT2D eigenvalue weighted by molar-refractivity contribution is 0.0948. The molecule has 1 heterocycles. The van der Waals surface area contributed by atoms with Crippen molar-refractivity contribution >= 4 is 17.5 Å². The van der Waals surface area contributed by atoms with Gasteiger partial charge in [-0.05, 0) is 24.1 Å². The van der Waals surface area contributed by atoms with E-state index in [0.717, 1.165) is 5.69 Å². The van der Waals surface area contributed by atoms with E-state index in [1.807, 2.05) is 44.2 Å². The monoisotopic (exact) mass is 311 g/mol. The fourth-order valence-electron chi connectivity index (χ4n) is 2.04. The van der Waals surface area contributed by atoms with Gasteiger partial charge in [-0.3, -0.25) is 14.6 Å². The number of carbonyl (C=O) groups excluding carboxylic acids is 2. The number of rotatable bonds is 5. The molecule has 5 nitrogen and oxygen atoms in total. The Kier molecular flexibility index (Phi) is 5.46. The van der Waals surface area contributed by atoms with Gasteiger partial charge in [0.2, 0.25) is 0 Å². The van der Waals surface area contributed by atoms with Crippen LogP contribution in [-0.4, -0.2) is 30.4 Å². The molecule has 2 amide bonds. The fourth-order valence-corrected chi connectivity index (χ4v) is 2.04. The molecule has 0 aliphatic rings. The molecule has 1 aromatic carbocycles. The van der Waals surface area contributed by atoms with Crippen LogP contribution in [0.1, 0.15) is 34.6 Å². The van der Waals surface area contributed by atoms with Crippen LogP contribution in [0, 0.1) is 5.92 Å². The highest BCUT2D eigenvalue weighted by molar-refractivity contribution is 6.07. The second-order valence-electron chi connectivity index (χ2n) is 5.77. The number of pyridine rings is 1. The zero-order valence-electron chi connectivity index (χ0n) is 13.6. The lowest BCUT2D eigenvalue weighted by Crippen LogP contribution is -2.29. The molecule has 1 aromatic heterocycles. The molecule has 1 N–H and O–H groups in total. The van der Waals surface area contributed by atoms with Crippen molar-refractivity contribution in [3.63, 3.8) is 0 Å². The zero-order valence-corrected chi connectivity index (χ0v) is 13.6. The summed E-state index contributed by atoms with van der Waals surface area (Å²) in [6.07, 6.45) is 2.94. The van der Waals surface area contributed by atoms with Gasteiger partial charge >= 0.3 is 0 Å². The standard InChI is InChI=1S/C18H21N3O2/c1-13(2)10-20-17(22)14-9-15(12-19-11-14)18(23)21(3)16-7-5-4-6-8-16/h4-9,11-13H,10H2,1-3H3,(H,20,22). The van der Waals surface area contributed by atoms with Crippen LogP contribution >= 0.6 is 0 Å². The van der Waals surface area contributed by atoms with E-state index >= 15 is 0 Å². The molecule has 0 bridgehead atoms. The summed E-state index contributed by atoms with van der Waals surface area (Å²) in [5, 5.41) is 2.82. The van der Waals surface area contributed by atoms with E-state index in [1.165, 1.54) is 17.3 Å². The van der Waals surface area contributed by atoms with Crippen LogP contribution in [0.4, 0.5) is 5.69 Å². The molecule has 120 valence electrons. The van der Waals surface area contributed by atoms with E-state index in [0.29, 0.717) is 23.6 Å². The molecule has 5 heteroatoms. The highest BCUT2D eigenvalue weighted by Crippen LogP contribution is 2.15. The van der Waals surface area contributed by atoms with Crippen LogP contribution in [0.25, 0.3) is 0 Å². The lowest BCUT2D eigenvalue weighted by atomic mass is 10.1. The smallest absolute Gasteiger partial charge is 0.259 e. The van der Waals surface area contributed by atoms with E-state index in [2.05, 4.69) is 10.3 Å². The van der Waals surface area contributed by atoms with Crippen molar-refractivity contribution in [2.45, 2.75) is 13.8 Å². The molecule has 0 fully saturated rings. The highest BCUT2D eigenvalue weighted by atomic mass is 16.2. The van der Waals surface area contributed by atoms with Gasteiger partial charge in [-0.25, -0.2) is 0 Å². The van der Waals surface area contributed by atoms with Crippen LogP contribution in [0.3, 0.4) is 0 Å². The first-order chi connectivity index (χ1) is 11.0. The van der Waals surface area contributed by atoms with Crippen molar-refractivity contribution in [2.24, 2.45) is 5.92 Å². The summed E-state index contributed by atoms with van der Waals surface area (Å²) in [5.41, 5.74) is 1.55. The summed E-state index contributed by atoms with van der Waals surface area (Å²) in [6, 6.07) is 10.9. The minimum Gasteiger partial charge on any atom is -0.352 e. The van der Waals surface area contributed by atoms with Crippen LogP contribution in [0.2, 0.25) is 0 Å². The average molecular weight is 311 g/mol. The van der Waals surface area contributed by atoms with Gasteiger partial charge in [-0.15, -0.1) is 0 Å². The molecule has 0 aliphatic heterocycles. The van der Waals surface area contributed by atoms with Gasteiger partial charge in [0, 0.05) is 31.7 Å². The number of aromatic nitrogens is 1. The predicted molar refractivity (Wildman–Crippen MR) is 90.6 cm³/mol. The Hall–Kier alpha value is -2.69. The predicted octanol–water partition coefficient (Wildman–Crippen LogP) is 2.74. The Morgan fingerprint density at radius 2 is 1.78 bits per heavy atom. The Balaban J connectivity index is 2.16. The third-order valence-electron chi connectivity index (χ3n) is 3.37. The maximum atomic E-state index is 12.5. The Labute approximate surface area is 136 Å². The topological polar surface area (TPSA) is 62.3 Å². The molecule has 2 aromatic rings. The number of nitrogens with zero attached hydrogens (tertiary/aromatic N) is 2. The number of benzene rings is 1. The minimum atomic E-state index is -0.219. The quantitative estimate of drug-likeness (QED) is 0.923. The van der Waals surface area contributed by atoms with Crippen LogP contribution in [-0.2, 0) is 0 Å². The first kappa shape index (κ1) is 16.7. The van der Waals surface area contributed by atoms with E-state index in [-0.39, 0.29) is 11.8 Å². The molecular formula is C18H21N3O2. The van der Waals surface area contributed by atoms with Gasteiger partial charge in [-0.2, -0.15) is 0 Å². The maximum Gasteiger partial charge on any atom is 0.259 e. The summed E-state index contributed by atoms with van der Waals surface area (Å²) >= 11 is 0. The average Bonchev–Trinajstić information content (AvgIpc) is 2.59. The maximum absolute atomic E-state index is 12.5. The first-order valence-electron chi connectivity index (χ1n) is 7.55. The molecule has 0 unspecified atom stereocenters. The molecule has 2 rings (SSSR count). The van der Waals surface area contributed by atoms with Crippen molar-refractivity contribution in [3.8, 4) is 0 Å². The first-order valence-corrected chi connectivity index (χ1v) is 7.55. The Bertz CT molecular complexity index is 684. The number of hydrogen-bond acceptors (Lipinski definition) is 3. The minimum absolute atomic E-state index is 0.206. The largest absolute Gasteiger partial charge is 0.352 e. The molecule has 0 saturated carbocycles. The number of anilines is 1. The number of carbonyl (C=O) groups is 2. The summed E-state index contributed by atoms with van der Waals surface area (Å²) in [6.45, 7) is 4.63. The third-order valence-corrected chi connectivity index (χ3v) is 3.37. The van der Waals surface area contributed by atoms with Crippen LogP contribution in [0.15, 0.2) is 48.8 Å². The highest BCUT2D eigenvalue weighted by Gasteiger charge is 2.16. The summed E-state index contributed by atoms with van der Waals surface area (Å²) < 4.78 is 0. The van der Waals surface area contributed by atoms with Gasteiger partial charge in [0.25, 0.3) is 11.8 Å².